The Labute approximate surface area is 122 Å². The molecule has 0 fully saturated rings. The highest BCUT2D eigenvalue weighted by Gasteiger charge is 2.21. The number of rotatable bonds is 5. The van der Waals surface area contributed by atoms with Gasteiger partial charge in [-0.2, -0.15) is 0 Å². The first-order valence-electron chi connectivity index (χ1n) is 5.69. The summed E-state index contributed by atoms with van der Waals surface area (Å²) in [4.78, 5) is 10.8. The molecular formula is C15H14IO3+. The number of aldehydes is 1. The van der Waals surface area contributed by atoms with Crippen LogP contribution in [0.5, 0.6) is 11.5 Å². The average Bonchev–Trinajstić information content (AvgIpc) is 2.48. The fraction of sp³-hybridized carbons (Fsp3) is 0.133. The number of halogens is 1. The molecule has 19 heavy (non-hydrogen) atoms. The normalized spacial score (nSPS) is 10.0. The van der Waals surface area contributed by atoms with Crippen LogP contribution in [0.3, 0.4) is 0 Å². The molecule has 0 spiro atoms. The zero-order chi connectivity index (χ0) is 13.7. The van der Waals surface area contributed by atoms with E-state index in [0.29, 0.717) is 5.56 Å². The van der Waals surface area contributed by atoms with Crippen LogP contribution < -0.4 is 30.7 Å². The molecule has 0 aliphatic rings. The van der Waals surface area contributed by atoms with Crippen molar-refractivity contribution in [3.05, 3.63) is 55.2 Å². The van der Waals surface area contributed by atoms with Gasteiger partial charge in [0.15, 0.2) is 9.32 Å². The fourth-order valence-corrected chi connectivity index (χ4v) is 4.15. The summed E-state index contributed by atoms with van der Waals surface area (Å²) in [6, 6.07) is 13.5. The molecule has 0 bridgehead atoms. The summed E-state index contributed by atoms with van der Waals surface area (Å²) in [7, 11) is 3.30. The number of benzene rings is 2. The van der Waals surface area contributed by atoms with Crippen LogP contribution >= 0.6 is 0 Å². The lowest BCUT2D eigenvalue weighted by atomic mass is 10.2. The second-order valence-corrected chi connectivity index (χ2v) is 6.71. The van der Waals surface area contributed by atoms with Crippen molar-refractivity contribution < 1.29 is 35.5 Å². The van der Waals surface area contributed by atoms with Crippen molar-refractivity contribution in [1.29, 1.82) is 0 Å². The van der Waals surface area contributed by atoms with Crippen LogP contribution in [0.25, 0.3) is 0 Å². The lowest BCUT2D eigenvalue weighted by molar-refractivity contribution is -0.598. The standard InChI is InChI=1S/C15H14IO3/c1-18-13-6-4-12(5-7-13)16-14-9-11(10-17)3-8-15(14)19-2/h3-10H,1-2H3/q+1. The van der Waals surface area contributed by atoms with Crippen LogP contribution in [0.4, 0.5) is 0 Å². The molecule has 0 heterocycles. The molecule has 0 unspecified atom stereocenters. The van der Waals surface area contributed by atoms with Gasteiger partial charge in [-0.3, -0.25) is 4.79 Å². The van der Waals surface area contributed by atoms with E-state index in [-0.39, 0.29) is 21.2 Å². The van der Waals surface area contributed by atoms with Gasteiger partial charge in [-0.25, -0.2) is 0 Å². The number of methoxy groups -OCH3 is 2. The Morgan fingerprint density at radius 2 is 1.74 bits per heavy atom. The predicted octanol–water partition coefficient (Wildman–Crippen LogP) is -0.355. The summed E-state index contributed by atoms with van der Waals surface area (Å²) in [5.41, 5.74) is 0.684. The van der Waals surface area contributed by atoms with E-state index in [9.17, 15) is 4.79 Å². The van der Waals surface area contributed by atoms with Gasteiger partial charge in [-0.1, -0.05) is 0 Å². The van der Waals surface area contributed by atoms with Gasteiger partial charge in [-0.15, -0.1) is 0 Å². The van der Waals surface area contributed by atoms with E-state index in [0.717, 1.165) is 21.4 Å². The van der Waals surface area contributed by atoms with E-state index in [1.807, 2.05) is 24.3 Å². The van der Waals surface area contributed by atoms with Gasteiger partial charge in [0.2, 0.25) is 3.57 Å². The number of ether oxygens (including phenoxy) is 2. The lowest BCUT2D eigenvalue weighted by Gasteiger charge is -2.00. The zero-order valence-corrected chi connectivity index (χ0v) is 12.9. The van der Waals surface area contributed by atoms with E-state index >= 15 is 0 Å². The first-order chi connectivity index (χ1) is 9.26. The third-order valence-electron chi connectivity index (χ3n) is 2.57. The van der Waals surface area contributed by atoms with Crippen LogP contribution in [-0.4, -0.2) is 20.5 Å². The molecule has 0 aromatic heterocycles. The molecule has 0 saturated heterocycles. The molecule has 0 saturated carbocycles. The van der Waals surface area contributed by atoms with Crippen molar-refractivity contribution in [3.8, 4) is 11.5 Å². The molecule has 0 aliphatic carbocycles. The van der Waals surface area contributed by atoms with Crippen LogP contribution in [0.2, 0.25) is 0 Å². The van der Waals surface area contributed by atoms with Gasteiger partial charge >= 0.3 is 21.2 Å². The van der Waals surface area contributed by atoms with Gasteiger partial charge in [0.05, 0.1) is 14.2 Å². The summed E-state index contributed by atoms with van der Waals surface area (Å²) >= 11 is -0.380. The molecule has 2 aromatic carbocycles. The van der Waals surface area contributed by atoms with Crippen LogP contribution in [-0.2, 0) is 0 Å². The molecule has 2 aromatic rings. The van der Waals surface area contributed by atoms with Crippen molar-refractivity contribution in [2.45, 2.75) is 0 Å². The molecule has 2 rings (SSSR count). The van der Waals surface area contributed by atoms with Crippen molar-refractivity contribution in [2.24, 2.45) is 0 Å². The fourth-order valence-electron chi connectivity index (χ4n) is 1.58. The Balaban J connectivity index is 2.27. The SMILES string of the molecule is COc1ccc([I+]c2cc(C=O)ccc2OC)cc1. The Morgan fingerprint density at radius 3 is 2.32 bits per heavy atom. The van der Waals surface area contributed by atoms with Gasteiger partial charge in [0.1, 0.15) is 12.0 Å². The van der Waals surface area contributed by atoms with Crippen molar-refractivity contribution >= 4 is 6.29 Å². The summed E-state index contributed by atoms with van der Waals surface area (Å²) in [6.07, 6.45) is 0.862. The van der Waals surface area contributed by atoms with Gasteiger partial charge in [0, 0.05) is 11.6 Å². The van der Waals surface area contributed by atoms with E-state index < -0.39 is 0 Å². The van der Waals surface area contributed by atoms with Gasteiger partial charge in [0.25, 0.3) is 0 Å². The van der Waals surface area contributed by atoms with E-state index in [4.69, 9.17) is 9.47 Å². The summed E-state index contributed by atoms with van der Waals surface area (Å²) in [6.45, 7) is 0. The quantitative estimate of drug-likeness (QED) is 0.534. The molecule has 0 amide bonds. The summed E-state index contributed by atoms with van der Waals surface area (Å²) < 4.78 is 12.8. The highest BCUT2D eigenvalue weighted by Crippen LogP contribution is 2.11. The highest BCUT2D eigenvalue weighted by atomic mass is 127. The van der Waals surface area contributed by atoms with Crippen LogP contribution in [0, 0.1) is 7.14 Å². The zero-order valence-electron chi connectivity index (χ0n) is 10.7. The van der Waals surface area contributed by atoms with Crippen LogP contribution in [0.1, 0.15) is 10.4 Å². The Kier molecular flexibility index (Phi) is 4.79. The molecule has 0 N–H and O–H groups in total. The maximum absolute atomic E-state index is 10.8. The monoisotopic (exact) mass is 369 g/mol. The first-order valence-corrected chi connectivity index (χ1v) is 7.84. The number of carbonyl (C=O) groups excluding carboxylic acids is 1. The Morgan fingerprint density at radius 1 is 1.00 bits per heavy atom. The molecule has 3 nitrogen and oxygen atoms in total. The van der Waals surface area contributed by atoms with Gasteiger partial charge < -0.3 is 9.47 Å². The molecule has 0 atom stereocenters. The summed E-state index contributed by atoms with van der Waals surface area (Å²) in [5.74, 6) is 1.69. The molecule has 0 aliphatic heterocycles. The molecule has 98 valence electrons. The smallest absolute Gasteiger partial charge is 0.362 e. The van der Waals surface area contributed by atoms with Crippen molar-refractivity contribution in [3.63, 3.8) is 0 Å². The molecule has 4 heteroatoms. The summed E-state index contributed by atoms with van der Waals surface area (Å²) in [5, 5.41) is 0. The minimum Gasteiger partial charge on any atom is -0.497 e. The average molecular weight is 369 g/mol. The Bertz CT molecular complexity index is 564. The minimum absolute atomic E-state index is 0.380. The third-order valence-corrected chi connectivity index (χ3v) is 5.34. The van der Waals surface area contributed by atoms with E-state index in [1.54, 1.807) is 20.3 Å². The second kappa shape index (κ2) is 6.56. The van der Waals surface area contributed by atoms with Crippen molar-refractivity contribution in [2.75, 3.05) is 14.2 Å². The maximum atomic E-state index is 10.8. The van der Waals surface area contributed by atoms with E-state index in [2.05, 4.69) is 12.1 Å². The Hall–Kier alpha value is -1.56. The molecular weight excluding hydrogens is 355 g/mol. The largest absolute Gasteiger partial charge is 0.497 e. The van der Waals surface area contributed by atoms with Crippen LogP contribution in [0.15, 0.2) is 42.5 Å². The van der Waals surface area contributed by atoms with E-state index in [1.165, 1.54) is 3.57 Å². The number of hydrogen-bond donors (Lipinski definition) is 0. The highest BCUT2D eigenvalue weighted by molar-refractivity contribution is 5.74. The first kappa shape index (κ1) is 13.9. The third kappa shape index (κ3) is 3.47. The maximum Gasteiger partial charge on any atom is 0.362 e. The lowest BCUT2D eigenvalue weighted by Crippen LogP contribution is -3.61. The molecule has 0 radical (unpaired) electrons. The van der Waals surface area contributed by atoms with Gasteiger partial charge in [-0.05, 0) is 36.4 Å². The topological polar surface area (TPSA) is 35.5 Å². The second-order valence-electron chi connectivity index (χ2n) is 3.76. The number of hydrogen-bond acceptors (Lipinski definition) is 3. The predicted molar refractivity (Wildman–Crippen MR) is 68.8 cm³/mol. The van der Waals surface area contributed by atoms with Crippen molar-refractivity contribution in [1.82, 2.24) is 0 Å². The minimum atomic E-state index is -0.380. The number of carbonyl (C=O) groups is 1.